The second kappa shape index (κ2) is 4.06. The SMILES string of the molecule is CCCS(=O)(=O)NC(C)(C)C(=O)O. The van der Waals surface area contributed by atoms with Gasteiger partial charge in [0, 0.05) is 0 Å². The third-order valence-electron chi connectivity index (χ3n) is 1.42. The zero-order chi connectivity index (χ0) is 10.7. The number of carboxylic acids is 1. The van der Waals surface area contributed by atoms with E-state index < -0.39 is 21.5 Å². The Hall–Kier alpha value is -0.620. The molecule has 0 aromatic carbocycles. The summed E-state index contributed by atoms with van der Waals surface area (Å²) in [7, 11) is -3.47. The molecule has 0 aliphatic carbocycles. The molecule has 0 aliphatic heterocycles. The van der Waals surface area contributed by atoms with Crippen LogP contribution < -0.4 is 4.72 Å². The summed E-state index contributed by atoms with van der Waals surface area (Å²) in [5, 5.41) is 8.65. The normalized spacial score (nSPS) is 12.8. The van der Waals surface area contributed by atoms with Crippen LogP contribution >= 0.6 is 0 Å². The van der Waals surface area contributed by atoms with E-state index in [1.165, 1.54) is 13.8 Å². The summed E-state index contributed by atoms with van der Waals surface area (Å²) in [6.07, 6.45) is 0.463. The van der Waals surface area contributed by atoms with E-state index in [0.29, 0.717) is 6.42 Å². The minimum Gasteiger partial charge on any atom is -0.480 e. The van der Waals surface area contributed by atoms with E-state index >= 15 is 0 Å². The van der Waals surface area contributed by atoms with E-state index in [2.05, 4.69) is 4.72 Å². The number of sulfonamides is 1. The third-order valence-corrected chi connectivity index (χ3v) is 3.19. The van der Waals surface area contributed by atoms with Gasteiger partial charge in [-0.25, -0.2) is 8.42 Å². The fourth-order valence-electron chi connectivity index (χ4n) is 0.752. The van der Waals surface area contributed by atoms with E-state index in [-0.39, 0.29) is 5.75 Å². The van der Waals surface area contributed by atoms with Gasteiger partial charge in [-0.3, -0.25) is 4.79 Å². The number of rotatable bonds is 5. The molecular formula is C7H15NO4S. The highest BCUT2D eigenvalue weighted by atomic mass is 32.2. The largest absolute Gasteiger partial charge is 0.480 e. The molecule has 0 fully saturated rings. The average molecular weight is 209 g/mol. The summed E-state index contributed by atoms with van der Waals surface area (Å²) in [6.45, 7) is 4.33. The summed E-state index contributed by atoms with van der Waals surface area (Å²) in [6, 6.07) is 0. The molecule has 0 aliphatic rings. The van der Waals surface area contributed by atoms with Gasteiger partial charge in [0.1, 0.15) is 5.54 Å². The number of nitrogens with one attached hydrogen (secondary N) is 1. The topological polar surface area (TPSA) is 83.5 Å². The number of hydrogen-bond acceptors (Lipinski definition) is 3. The monoisotopic (exact) mass is 209 g/mol. The Morgan fingerprint density at radius 3 is 2.23 bits per heavy atom. The van der Waals surface area contributed by atoms with E-state index in [0.717, 1.165) is 0 Å². The molecule has 0 rings (SSSR count). The lowest BCUT2D eigenvalue weighted by molar-refractivity contribution is -0.142. The second-order valence-electron chi connectivity index (χ2n) is 3.35. The molecule has 0 atom stereocenters. The summed E-state index contributed by atoms with van der Waals surface area (Å²) in [4.78, 5) is 10.6. The Balaban J connectivity index is 4.53. The van der Waals surface area contributed by atoms with Gasteiger partial charge in [0.15, 0.2) is 0 Å². The first-order valence-electron chi connectivity index (χ1n) is 3.96. The highest BCUT2D eigenvalue weighted by Gasteiger charge is 2.31. The zero-order valence-electron chi connectivity index (χ0n) is 7.99. The van der Waals surface area contributed by atoms with Crippen LogP contribution in [0.2, 0.25) is 0 Å². The van der Waals surface area contributed by atoms with Gasteiger partial charge >= 0.3 is 5.97 Å². The minimum atomic E-state index is -3.47. The number of hydrogen-bond donors (Lipinski definition) is 2. The first-order chi connectivity index (χ1) is 5.71. The lowest BCUT2D eigenvalue weighted by atomic mass is 10.1. The van der Waals surface area contributed by atoms with E-state index in [4.69, 9.17) is 5.11 Å². The first kappa shape index (κ1) is 12.4. The van der Waals surface area contributed by atoms with Crippen LogP contribution in [-0.4, -0.2) is 30.8 Å². The quantitative estimate of drug-likeness (QED) is 0.676. The van der Waals surface area contributed by atoms with Crippen molar-refractivity contribution >= 4 is 16.0 Å². The molecule has 0 amide bonds. The zero-order valence-corrected chi connectivity index (χ0v) is 8.81. The lowest BCUT2D eigenvalue weighted by Gasteiger charge is -2.20. The molecule has 0 spiro atoms. The van der Waals surface area contributed by atoms with Crippen molar-refractivity contribution in [1.29, 1.82) is 0 Å². The van der Waals surface area contributed by atoms with Crippen LogP contribution in [0, 0.1) is 0 Å². The molecule has 0 aromatic heterocycles. The number of carboxylic acid groups (broad SMARTS) is 1. The summed E-state index contributed by atoms with van der Waals surface area (Å²) in [5.41, 5.74) is -1.44. The molecule has 0 radical (unpaired) electrons. The van der Waals surface area contributed by atoms with Crippen LogP contribution in [0.25, 0.3) is 0 Å². The fourth-order valence-corrected chi connectivity index (χ4v) is 2.26. The van der Waals surface area contributed by atoms with Crippen molar-refractivity contribution in [2.45, 2.75) is 32.7 Å². The van der Waals surface area contributed by atoms with Gasteiger partial charge in [-0.2, -0.15) is 4.72 Å². The summed E-state index contributed by atoms with van der Waals surface area (Å²) < 4.78 is 24.5. The van der Waals surface area contributed by atoms with Gasteiger partial charge in [-0.15, -0.1) is 0 Å². The molecule has 0 saturated heterocycles. The van der Waals surface area contributed by atoms with Crippen molar-refractivity contribution in [2.75, 3.05) is 5.75 Å². The maximum Gasteiger partial charge on any atom is 0.324 e. The van der Waals surface area contributed by atoms with E-state index in [1.54, 1.807) is 6.92 Å². The maximum absolute atomic E-state index is 11.2. The molecule has 0 bridgehead atoms. The highest BCUT2D eigenvalue weighted by Crippen LogP contribution is 2.05. The summed E-state index contributed by atoms with van der Waals surface area (Å²) >= 11 is 0. The van der Waals surface area contributed by atoms with Crippen LogP contribution in [0.3, 0.4) is 0 Å². The Bertz CT molecular complexity index is 281. The van der Waals surface area contributed by atoms with Crippen LogP contribution in [0.4, 0.5) is 0 Å². The van der Waals surface area contributed by atoms with Crippen molar-refractivity contribution in [3.8, 4) is 0 Å². The van der Waals surface area contributed by atoms with Crippen molar-refractivity contribution in [3.63, 3.8) is 0 Å². The minimum absolute atomic E-state index is 0.0519. The maximum atomic E-state index is 11.2. The van der Waals surface area contributed by atoms with Crippen molar-refractivity contribution in [1.82, 2.24) is 4.72 Å². The molecule has 13 heavy (non-hydrogen) atoms. The van der Waals surface area contributed by atoms with Gasteiger partial charge < -0.3 is 5.11 Å². The molecule has 5 nitrogen and oxygen atoms in total. The van der Waals surface area contributed by atoms with Crippen LogP contribution in [-0.2, 0) is 14.8 Å². The molecule has 2 N–H and O–H groups in total. The van der Waals surface area contributed by atoms with Crippen LogP contribution in [0.5, 0.6) is 0 Å². The lowest BCUT2D eigenvalue weighted by Crippen LogP contribution is -2.50. The fraction of sp³-hybridized carbons (Fsp3) is 0.857. The average Bonchev–Trinajstić information content (AvgIpc) is 1.83. The Morgan fingerprint density at radius 2 is 1.92 bits per heavy atom. The van der Waals surface area contributed by atoms with Crippen molar-refractivity contribution in [2.24, 2.45) is 0 Å². The van der Waals surface area contributed by atoms with Crippen molar-refractivity contribution < 1.29 is 18.3 Å². The van der Waals surface area contributed by atoms with Gasteiger partial charge in [-0.05, 0) is 20.3 Å². The van der Waals surface area contributed by atoms with Gasteiger partial charge in [0.25, 0.3) is 0 Å². The molecule has 0 saturated carbocycles. The predicted octanol–water partition coefficient (Wildman–Crippen LogP) is 0.179. The first-order valence-corrected chi connectivity index (χ1v) is 5.61. The van der Waals surface area contributed by atoms with Gasteiger partial charge in [0.2, 0.25) is 10.0 Å². The number of aliphatic carboxylic acids is 1. The molecule has 78 valence electrons. The van der Waals surface area contributed by atoms with Gasteiger partial charge in [-0.1, -0.05) is 6.92 Å². The molecule has 0 aromatic rings. The molecular weight excluding hydrogens is 194 g/mol. The Labute approximate surface area is 78.2 Å². The third kappa shape index (κ3) is 4.23. The van der Waals surface area contributed by atoms with Crippen LogP contribution in [0.1, 0.15) is 27.2 Å². The summed E-state index contributed by atoms with van der Waals surface area (Å²) in [5.74, 6) is -1.24. The highest BCUT2D eigenvalue weighted by molar-refractivity contribution is 7.89. The van der Waals surface area contributed by atoms with Crippen LogP contribution in [0.15, 0.2) is 0 Å². The van der Waals surface area contributed by atoms with Crippen molar-refractivity contribution in [3.05, 3.63) is 0 Å². The predicted molar refractivity (Wildman–Crippen MR) is 48.9 cm³/mol. The molecule has 0 heterocycles. The standard InChI is InChI=1S/C7H15NO4S/c1-4-5-13(11,12)8-7(2,3)6(9)10/h8H,4-5H2,1-3H3,(H,9,10). The molecule has 0 unspecified atom stereocenters. The van der Waals surface area contributed by atoms with E-state index in [1.807, 2.05) is 0 Å². The smallest absolute Gasteiger partial charge is 0.324 e. The van der Waals surface area contributed by atoms with E-state index in [9.17, 15) is 13.2 Å². The second-order valence-corrected chi connectivity index (χ2v) is 5.19. The molecule has 6 heteroatoms. The Morgan fingerprint density at radius 1 is 1.46 bits per heavy atom. The Kier molecular flexibility index (Phi) is 3.87. The van der Waals surface area contributed by atoms with Gasteiger partial charge in [0.05, 0.1) is 5.75 Å². The number of carbonyl (C=O) groups is 1.